The van der Waals surface area contributed by atoms with Crippen molar-refractivity contribution in [3.63, 3.8) is 0 Å². The topological polar surface area (TPSA) is 55.4 Å². The summed E-state index contributed by atoms with van der Waals surface area (Å²) in [6, 6.07) is 5.81. The van der Waals surface area contributed by atoms with Crippen LogP contribution in [0, 0.1) is 11.8 Å². The third-order valence-electron chi connectivity index (χ3n) is 1.88. The predicted octanol–water partition coefficient (Wildman–Crippen LogP) is 3.77. The molecule has 1 aromatic carbocycles. The van der Waals surface area contributed by atoms with Crippen LogP contribution in [-0.2, 0) is 13.1 Å². The van der Waals surface area contributed by atoms with Crippen LogP contribution in [0.4, 0.5) is 0 Å². The quantitative estimate of drug-likeness (QED) is 0.794. The Morgan fingerprint density at radius 1 is 1.19 bits per heavy atom. The fourth-order valence-electron chi connectivity index (χ4n) is 1.13. The Kier molecular flexibility index (Phi) is 12.7. The van der Waals surface area contributed by atoms with Crippen LogP contribution >= 0.6 is 0 Å². The summed E-state index contributed by atoms with van der Waals surface area (Å²) in [4.78, 5) is 10.0. The molecular weight excluding hydrogens is 200 g/mol. The Labute approximate surface area is 99.0 Å². The largest absolute Gasteiger partial charge is 0.326 e. The van der Waals surface area contributed by atoms with Gasteiger partial charge in [-0.3, -0.25) is 0 Å². The smallest absolute Gasteiger partial charge is 0.106 e. The molecule has 0 saturated heterocycles. The van der Waals surface area contributed by atoms with E-state index in [0.29, 0.717) is 6.54 Å². The van der Waals surface area contributed by atoms with Gasteiger partial charge in [-0.15, -0.1) is 0 Å². The maximum Gasteiger partial charge on any atom is 0.106 e. The highest BCUT2D eigenvalue weighted by Gasteiger charge is 1.98. The summed E-state index contributed by atoms with van der Waals surface area (Å²) in [7, 11) is 0. The second-order valence-electron chi connectivity index (χ2n) is 2.75. The van der Waals surface area contributed by atoms with Gasteiger partial charge in [0.25, 0.3) is 0 Å². The molecule has 0 heterocycles. The standard InChI is InChI=1S/C9H12N2O.2C2H6/c1-7-4-8(5-10)2-3-9(7)6-11-12;2*1-2/h2-4H,5-6,10H2,1H3;2*1-2H3. The molecule has 0 aliphatic carbocycles. The summed E-state index contributed by atoms with van der Waals surface area (Å²) < 4.78 is 0. The molecule has 16 heavy (non-hydrogen) atoms. The van der Waals surface area contributed by atoms with Crippen molar-refractivity contribution in [1.29, 1.82) is 0 Å². The van der Waals surface area contributed by atoms with E-state index in [4.69, 9.17) is 5.73 Å². The van der Waals surface area contributed by atoms with Gasteiger partial charge in [-0.05, 0) is 23.6 Å². The molecule has 0 fully saturated rings. The summed E-state index contributed by atoms with van der Waals surface area (Å²) in [6.45, 7) is 10.7. The molecular formula is C13H24N2O. The van der Waals surface area contributed by atoms with Crippen LogP contribution in [0.1, 0.15) is 44.4 Å². The van der Waals surface area contributed by atoms with Crippen molar-refractivity contribution in [3.8, 4) is 0 Å². The number of nitrogens with two attached hydrogens (primary N) is 1. The van der Waals surface area contributed by atoms with E-state index in [2.05, 4.69) is 5.18 Å². The second kappa shape index (κ2) is 11.9. The molecule has 0 aliphatic heterocycles. The van der Waals surface area contributed by atoms with Crippen molar-refractivity contribution >= 4 is 0 Å². The maximum absolute atomic E-state index is 10.0. The number of hydrogen-bond acceptors (Lipinski definition) is 3. The molecule has 3 nitrogen and oxygen atoms in total. The van der Waals surface area contributed by atoms with Crippen LogP contribution in [0.25, 0.3) is 0 Å². The molecule has 0 spiro atoms. The average Bonchev–Trinajstić information content (AvgIpc) is 2.37. The first-order valence-electron chi connectivity index (χ1n) is 5.85. The van der Waals surface area contributed by atoms with Gasteiger partial charge in [-0.1, -0.05) is 51.1 Å². The van der Waals surface area contributed by atoms with Crippen molar-refractivity contribution < 1.29 is 0 Å². The van der Waals surface area contributed by atoms with E-state index in [0.717, 1.165) is 16.7 Å². The zero-order valence-corrected chi connectivity index (χ0v) is 11.1. The van der Waals surface area contributed by atoms with E-state index >= 15 is 0 Å². The minimum atomic E-state index is 0.247. The third kappa shape index (κ3) is 6.30. The van der Waals surface area contributed by atoms with Crippen LogP contribution in [0.5, 0.6) is 0 Å². The molecule has 1 rings (SSSR count). The highest BCUT2D eigenvalue weighted by Crippen LogP contribution is 2.11. The monoisotopic (exact) mass is 224 g/mol. The summed E-state index contributed by atoms with van der Waals surface area (Å²) in [5, 5.41) is 2.84. The van der Waals surface area contributed by atoms with Crippen molar-refractivity contribution in [2.24, 2.45) is 10.9 Å². The number of rotatable bonds is 3. The van der Waals surface area contributed by atoms with Gasteiger partial charge in [-0.25, -0.2) is 0 Å². The fraction of sp³-hybridized carbons (Fsp3) is 0.538. The van der Waals surface area contributed by atoms with Crippen molar-refractivity contribution in [3.05, 3.63) is 39.8 Å². The number of hydrogen-bond donors (Lipinski definition) is 1. The van der Waals surface area contributed by atoms with Crippen molar-refractivity contribution in [1.82, 2.24) is 0 Å². The van der Waals surface area contributed by atoms with Gasteiger partial charge >= 0.3 is 0 Å². The van der Waals surface area contributed by atoms with E-state index in [1.165, 1.54) is 0 Å². The lowest BCUT2D eigenvalue weighted by molar-refractivity contribution is 1.01. The number of aryl methyl sites for hydroxylation is 1. The van der Waals surface area contributed by atoms with Crippen LogP contribution in [0.3, 0.4) is 0 Å². The van der Waals surface area contributed by atoms with Gasteiger partial charge in [0, 0.05) is 6.54 Å². The van der Waals surface area contributed by atoms with Crippen LogP contribution in [-0.4, -0.2) is 0 Å². The molecule has 1 aromatic rings. The molecule has 0 aromatic heterocycles. The lowest BCUT2D eigenvalue weighted by Crippen LogP contribution is -1.97. The van der Waals surface area contributed by atoms with Crippen molar-refractivity contribution in [2.45, 2.75) is 47.7 Å². The third-order valence-corrected chi connectivity index (χ3v) is 1.88. The molecule has 0 aliphatic rings. The normalized spacial score (nSPS) is 8.12. The molecule has 0 bridgehead atoms. The van der Waals surface area contributed by atoms with Crippen LogP contribution < -0.4 is 5.73 Å². The zero-order valence-electron chi connectivity index (χ0n) is 11.1. The molecule has 0 amide bonds. The Bertz CT molecular complexity index is 285. The van der Waals surface area contributed by atoms with Gasteiger partial charge < -0.3 is 5.73 Å². The zero-order chi connectivity index (χ0) is 13.0. The summed E-state index contributed by atoms with van der Waals surface area (Å²) in [6.07, 6.45) is 0. The van der Waals surface area contributed by atoms with Gasteiger partial charge in [0.1, 0.15) is 6.54 Å². The number of nitrogens with zero attached hydrogens (tertiary/aromatic N) is 1. The molecule has 92 valence electrons. The van der Waals surface area contributed by atoms with E-state index < -0.39 is 0 Å². The van der Waals surface area contributed by atoms with E-state index in [-0.39, 0.29) is 6.54 Å². The summed E-state index contributed by atoms with van der Waals surface area (Å²) in [5.41, 5.74) is 8.60. The van der Waals surface area contributed by atoms with Crippen LogP contribution in [0.2, 0.25) is 0 Å². The lowest BCUT2D eigenvalue weighted by atomic mass is 10.1. The first-order valence-corrected chi connectivity index (χ1v) is 5.85. The van der Waals surface area contributed by atoms with Crippen molar-refractivity contribution in [2.75, 3.05) is 0 Å². The minimum absolute atomic E-state index is 0.247. The highest BCUT2D eigenvalue weighted by molar-refractivity contribution is 5.30. The SMILES string of the molecule is CC.CC.Cc1cc(CN)ccc1CN=O. The van der Waals surface area contributed by atoms with E-state index in [1.807, 2.05) is 52.8 Å². The Hall–Kier alpha value is -1.22. The van der Waals surface area contributed by atoms with E-state index in [1.54, 1.807) is 0 Å². The van der Waals surface area contributed by atoms with E-state index in [9.17, 15) is 4.91 Å². The molecule has 2 N–H and O–H groups in total. The molecule has 0 saturated carbocycles. The molecule has 0 radical (unpaired) electrons. The highest BCUT2D eigenvalue weighted by atomic mass is 16.3. The first-order chi connectivity index (χ1) is 7.77. The fourth-order valence-corrected chi connectivity index (χ4v) is 1.13. The first kappa shape index (κ1) is 17.2. The molecule has 0 atom stereocenters. The van der Waals surface area contributed by atoms with Gasteiger partial charge in [-0.2, -0.15) is 4.91 Å². The minimum Gasteiger partial charge on any atom is -0.326 e. The van der Waals surface area contributed by atoms with Gasteiger partial charge in [0.15, 0.2) is 0 Å². The Morgan fingerprint density at radius 2 is 1.75 bits per heavy atom. The summed E-state index contributed by atoms with van der Waals surface area (Å²) in [5.74, 6) is 0. The Balaban J connectivity index is 0. The Morgan fingerprint density at radius 3 is 2.12 bits per heavy atom. The average molecular weight is 224 g/mol. The molecule has 0 unspecified atom stereocenters. The van der Waals surface area contributed by atoms with Gasteiger partial charge in [0.2, 0.25) is 0 Å². The lowest BCUT2D eigenvalue weighted by Gasteiger charge is -2.03. The second-order valence-corrected chi connectivity index (χ2v) is 2.75. The number of nitroso groups, excluding NO2 is 1. The summed E-state index contributed by atoms with van der Waals surface area (Å²) >= 11 is 0. The molecule has 3 heteroatoms. The van der Waals surface area contributed by atoms with Gasteiger partial charge in [0.05, 0.1) is 0 Å². The predicted molar refractivity (Wildman–Crippen MR) is 71.3 cm³/mol. The van der Waals surface area contributed by atoms with Crippen LogP contribution in [0.15, 0.2) is 23.4 Å². The number of benzene rings is 1. The maximum atomic E-state index is 10.0.